The van der Waals surface area contributed by atoms with Crippen LogP contribution in [0.1, 0.15) is 5.69 Å². The van der Waals surface area contributed by atoms with Gasteiger partial charge in [0.2, 0.25) is 0 Å². The minimum Gasteiger partial charge on any atom is -0.383 e. The van der Waals surface area contributed by atoms with Gasteiger partial charge in [0.05, 0.1) is 6.61 Å². The fraction of sp³-hybridized carbons (Fsp3) is 0.667. The maximum absolute atomic E-state index is 4.92. The summed E-state index contributed by atoms with van der Waals surface area (Å²) in [5.74, 6) is 0. The first-order valence-electron chi connectivity index (χ1n) is 4.51. The SMILES string of the molecule is COCCNCCc1ccnn1C. The molecule has 0 aliphatic rings. The number of nitrogens with zero attached hydrogens (tertiary/aromatic N) is 2. The van der Waals surface area contributed by atoms with E-state index in [0.717, 1.165) is 26.1 Å². The summed E-state index contributed by atoms with van der Waals surface area (Å²) in [7, 11) is 3.67. The maximum Gasteiger partial charge on any atom is 0.0587 e. The second-order valence-electron chi connectivity index (χ2n) is 2.94. The van der Waals surface area contributed by atoms with Gasteiger partial charge in [-0.1, -0.05) is 0 Å². The average Bonchev–Trinajstić information content (AvgIpc) is 2.52. The van der Waals surface area contributed by atoms with E-state index in [0.29, 0.717) is 0 Å². The minimum absolute atomic E-state index is 0.769. The van der Waals surface area contributed by atoms with Crippen molar-refractivity contribution in [2.24, 2.45) is 7.05 Å². The standard InChI is InChI=1S/C9H17N3O/c1-12-9(4-6-11-12)3-5-10-7-8-13-2/h4,6,10H,3,5,7-8H2,1-2H3. The van der Waals surface area contributed by atoms with Crippen molar-refractivity contribution >= 4 is 0 Å². The van der Waals surface area contributed by atoms with Gasteiger partial charge in [-0.2, -0.15) is 5.10 Å². The van der Waals surface area contributed by atoms with Crippen molar-refractivity contribution in [3.8, 4) is 0 Å². The molecule has 4 heteroatoms. The predicted octanol–water partition coefficient (Wildman–Crippen LogP) is 0.199. The molecule has 1 rings (SSSR count). The molecule has 13 heavy (non-hydrogen) atoms. The van der Waals surface area contributed by atoms with Gasteiger partial charge in [0.15, 0.2) is 0 Å². The number of hydrogen-bond donors (Lipinski definition) is 1. The summed E-state index contributed by atoms with van der Waals surface area (Å²) in [6.45, 7) is 2.66. The van der Waals surface area contributed by atoms with E-state index < -0.39 is 0 Å². The molecule has 0 aliphatic heterocycles. The number of rotatable bonds is 6. The summed E-state index contributed by atoms with van der Waals surface area (Å²) in [4.78, 5) is 0. The summed E-state index contributed by atoms with van der Waals surface area (Å²) >= 11 is 0. The molecule has 1 aromatic heterocycles. The number of nitrogens with one attached hydrogen (secondary N) is 1. The van der Waals surface area contributed by atoms with Crippen LogP contribution in [0.25, 0.3) is 0 Å². The molecule has 0 aliphatic carbocycles. The lowest BCUT2D eigenvalue weighted by Gasteiger charge is -2.03. The van der Waals surface area contributed by atoms with Crippen molar-refractivity contribution in [3.63, 3.8) is 0 Å². The van der Waals surface area contributed by atoms with Crippen LogP contribution in [-0.4, -0.2) is 36.6 Å². The lowest BCUT2D eigenvalue weighted by atomic mass is 10.3. The Hall–Kier alpha value is -0.870. The molecule has 0 amide bonds. The molecule has 0 fully saturated rings. The number of aryl methyl sites for hydroxylation is 1. The van der Waals surface area contributed by atoms with E-state index in [-0.39, 0.29) is 0 Å². The van der Waals surface area contributed by atoms with E-state index in [4.69, 9.17) is 4.74 Å². The van der Waals surface area contributed by atoms with Gasteiger partial charge in [0, 0.05) is 45.6 Å². The quantitative estimate of drug-likeness (QED) is 0.640. The van der Waals surface area contributed by atoms with Crippen LogP contribution in [0.3, 0.4) is 0 Å². The van der Waals surface area contributed by atoms with Gasteiger partial charge in [-0.3, -0.25) is 4.68 Å². The first kappa shape index (κ1) is 10.2. The Kier molecular flexibility index (Phi) is 4.49. The fourth-order valence-corrected chi connectivity index (χ4v) is 1.16. The highest BCUT2D eigenvalue weighted by Crippen LogP contribution is 1.95. The topological polar surface area (TPSA) is 39.1 Å². The van der Waals surface area contributed by atoms with Crippen LogP contribution >= 0.6 is 0 Å². The van der Waals surface area contributed by atoms with Gasteiger partial charge in [-0.25, -0.2) is 0 Å². The predicted molar refractivity (Wildman–Crippen MR) is 51.7 cm³/mol. The summed E-state index contributed by atoms with van der Waals surface area (Å²) in [6, 6.07) is 2.04. The van der Waals surface area contributed by atoms with Crippen molar-refractivity contribution in [1.29, 1.82) is 0 Å². The Labute approximate surface area is 78.9 Å². The summed E-state index contributed by atoms with van der Waals surface area (Å²) < 4.78 is 6.82. The molecule has 0 saturated heterocycles. The van der Waals surface area contributed by atoms with Crippen LogP contribution in [0, 0.1) is 0 Å². The van der Waals surface area contributed by atoms with Gasteiger partial charge in [-0.15, -0.1) is 0 Å². The second-order valence-corrected chi connectivity index (χ2v) is 2.94. The second kappa shape index (κ2) is 5.72. The Balaban J connectivity index is 2.10. The molecule has 0 radical (unpaired) electrons. The third-order valence-corrected chi connectivity index (χ3v) is 1.96. The molecule has 0 aromatic carbocycles. The molecular weight excluding hydrogens is 166 g/mol. The number of aromatic nitrogens is 2. The third kappa shape index (κ3) is 3.57. The third-order valence-electron chi connectivity index (χ3n) is 1.96. The molecule has 0 atom stereocenters. The zero-order valence-electron chi connectivity index (χ0n) is 8.29. The van der Waals surface area contributed by atoms with Crippen molar-refractivity contribution in [3.05, 3.63) is 18.0 Å². The Bertz CT molecular complexity index is 235. The summed E-state index contributed by atoms with van der Waals surface area (Å²) in [6.07, 6.45) is 2.84. The van der Waals surface area contributed by atoms with Gasteiger partial charge in [0.25, 0.3) is 0 Å². The maximum atomic E-state index is 4.92. The van der Waals surface area contributed by atoms with Gasteiger partial charge >= 0.3 is 0 Å². The average molecular weight is 183 g/mol. The van der Waals surface area contributed by atoms with Gasteiger partial charge < -0.3 is 10.1 Å². The fourth-order valence-electron chi connectivity index (χ4n) is 1.16. The molecular formula is C9H17N3O. The first-order chi connectivity index (χ1) is 6.34. The number of hydrogen-bond acceptors (Lipinski definition) is 3. The molecule has 1 heterocycles. The zero-order chi connectivity index (χ0) is 9.52. The van der Waals surface area contributed by atoms with Crippen LogP contribution in [0.5, 0.6) is 0 Å². The Morgan fingerprint density at radius 3 is 3.00 bits per heavy atom. The number of ether oxygens (including phenoxy) is 1. The lowest BCUT2D eigenvalue weighted by molar-refractivity contribution is 0.199. The molecule has 0 saturated carbocycles. The monoisotopic (exact) mass is 183 g/mol. The molecule has 1 aromatic rings. The summed E-state index contributed by atoms with van der Waals surface area (Å²) in [5.41, 5.74) is 1.25. The Morgan fingerprint density at radius 2 is 2.38 bits per heavy atom. The highest BCUT2D eigenvalue weighted by Gasteiger charge is 1.96. The van der Waals surface area contributed by atoms with Crippen molar-refractivity contribution in [1.82, 2.24) is 15.1 Å². The molecule has 4 nitrogen and oxygen atoms in total. The normalized spacial score (nSPS) is 10.6. The van der Waals surface area contributed by atoms with Crippen LogP contribution in [0.2, 0.25) is 0 Å². The lowest BCUT2D eigenvalue weighted by Crippen LogP contribution is -2.22. The van der Waals surface area contributed by atoms with E-state index in [1.807, 2.05) is 24.0 Å². The Morgan fingerprint density at radius 1 is 1.54 bits per heavy atom. The van der Waals surface area contributed by atoms with Crippen molar-refractivity contribution in [2.75, 3.05) is 26.8 Å². The zero-order valence-corrected chi connectivity index (χ0v) is 8.29. The van der Waals surface area contributed by atoms with Crippen LogP contribution in [0.15, 0.2) is 12.3 Å². The highest BCUT2D eigenvalue weighted by molar-refractivity contribution is 5.00. The molecule has 74 valence electrons. The molecule has 0 spiro atoms. The molecule has 0 unspecified atom stereocenters. The van der Waals surface area contributed by atoms with E-state index in [9.17, 15) is 0 Å². The van der Waals surface area contributed by atoms with E-state index in [2.05, 4.69) is 10.4 Å². The largest absolute Gasteiger partial charge is 0.383 e. The molecule has 1 N–H and O–H groups in total. The van der Waals surface area contributed by atoms with E-state index >= 15 is 0 Å². The minimum atomic E-state index is 0.769. The summed E-state index contributed by atoms with van der Waals surface area (Å²) in [5, 5.41) is 7.38. The number of methoxy groups -OCH3 is 1. The van der Waals surface area contributed by atoms with Crippen molar-refractivity contribution in [2.45, 2.75) is 6.42 Å². The highest BCUT2D eigenvalue weighted by atomic mass is 16.5. The van der Waals surface area contributed by atoms with E-state index in [1.54, 1.807) is 7.11 Å². The molecule has 0 bridgehead atoms. The smallest absolute Gasteiger partial charge is 0.0587 e. The van der Waals surface area contributed by atoms with Crippen LogP contribution in [0.4, 0.5) is 0 Å². The van der Waals surface area contributed by atoms with E-state index in [1.165, 1.54) is 5.69 Å². The van der Waals surface area contributed by atoms with Crippen LogP contribution in [-0.2, 0) is 18.2 Å². The van der Waals surface area contributed by atoms with Crippen LogP contribution < -0.4 is 5.32 Å². The van der Waals surface area contributed by atoms with Crippen molar-refractivity contribution < 1.29 is 4.74 Å². The van der Waals surface area contributed by atoms with Gasteiger partial charge in [-0.05, 0) is 6.07 Å². The van der Waals surface area contributed by atoms with Gasteiger partial charge in [0.1, 0.15) is 0 Å². The first-order valence-corrected chi connectivity index (χ1v) is 4.51.